The van der Waals surface area contributed by atoms with E-state index < -0.39 is 0 Å². The molecule has 1 N–H and O–H groups in total. The van der Waals surface area contributed by atoms with Gasteiger partial charge in [0.1, 0.15) is 0 Å². The van der Waals surface area contributed by atoms with Crippen LogP contribution in [0.1, 0.15) is 52.0 Å². The summed E-state index contributed by atoms with van der Waals surface area (Å²) < 4.78 is 5.58. The molecule has 0 saturated heterocycles. The van der Waals surface area contributed by atoms with Crippen molar-refractivity contribution in [2.24, 2.45) is 0 Å². The number of hydrogen-bond acceptors (Lipinski definition) is 4. The molecule has 0 radical (unpaired) electrons. The van der Waals surface area contributed by atoms with Gasteiger partial charge >= 0.3 is 0 Å². The number of nitrogens with one attached hydrogen (secondary N) is 1. The van der Waals surface area contributed by atoms with Gasteiger partial charge in [-0.1, -0.05) is 33.8 Å². The van der Waals surface area contributed by atoms with E-state index in [0.717, 1.165) is 31.6 Å². The van der Waals surface area contributed by atoms with Crippen LogP contribution in [-0.4, -0.2) is 33.4 Å². The standard InChI is InChI=1S/C18H32N2O2/c1-7-11-20(13-16(8-2)21-5)18-12-15(14(3)4)9-10-17(18)19-22-6/h9-10,12,14,16,19H,7-8,11,13H2,1-6H3. The van der Waals surface area contributed by atoms with Crippen molar-refractivity contribution in [1.29, 1.82) is 0 Å². The average molecular weight is 308 g/mol. The molecule has 0 aliphatic rings. The normalized spacial score (nSPS) is 12.5. The highest BCUT2D eigenvalue weighted by Gasteiger charge is 2.17. The van der Waals surface area contributed by atoms with Crippen LogP contribution in [0.2, 0.25) is 0 Å². The number of anilines is 2. The Morgan fingerprint density at radius 3 is 2.41 bits per heavy atom. The first kappa shape index (κ1) is 18.8. The highest BCUT2D eigenvalue weighted by Crippen LogP contribution is 2.31. The fraction of sp³-hybridized carbons (Fsp3) is 0.667. The molecule has 0 aliphatic heterocycles. The lowest BCUT2D eigenvalue weighted by Crippen LogP contribution is -2.34. The average Bonchev–Trinajstić information content (AvgIpc) is 2.52. The second kappa shape index (κ2) is 9.70. The van der Waals surface area contributed by atoms with E-state index in [4.69, 9.17) is 9.57 Å². The molecule has 0 aliphatic carbocycles. The molecule has 4 nitrogen and oxygen atoms in total. The van der Waals surface area contributed by atoms with Gasteiger partial charge in [-0.25, -0.2) is 0 Å². The lowest BCUT2D eigenvalue weighted by Gasteiger charge is -2.30. The molecular weight excluding hydrogens is 276 g/mol. The molecule has 0 aromatic heterocycles. The number of ether oxygens (including phenoxy) is 1. The monoisotopic (exact) mass is 308 g/mol. The minimum absolute atomic E-state index is 0.240. The first-order chi connectivity index (χ1) is 10.6. The minimum Gasteiger partial charge on any atom is -0.380 e. The number of rotatable bonds is 10. The van der Waals surface area contributed by atoms with Crippen LogP contribution in [-0.2, 0) is 9.57 Å². The van der Waals surface area contributed by atoms with Gasteiger partial charge < -0.3 is 9.64 Å². The second-order valence-corrected chi connectivity index (χ2v) is 5.95. The van der Waals surface area contributed by atoms with Crippen molar-refractivity contribution in [3.63, 3.8) is 0 Å². The summed E-state index contributed by atoms with van der Waals surface area (Å²) in [7, 11) is 3.44. The van der Waals surface area contributed by atoms with E-state index in [2.05, 4.69) is 56.3 Å². The highest BCUT2D eigenvalue weighted by molar-refractivity contribution is 5.70. The molecule has 126 valence electrons. The maximum absolute atomic E-state index is 5.58. The fourth-order valence-electron chi connectivity index (χ4n) is 2.56. The second-order valence-electron chi connectivity index (χ2n) is 5.95. The Balaban J connectivity index is 3.15. The van der Waals surface area contributed by atoms with Gasteiger partial charge in [-0.15, -0.1) is 0 Å². The van der Waals surface area contributed by atoms with Gasteiger partial charge in [0.25, 0.3) is 0 Å². The van der Waals surface area contributed by atoms with Gasteiger partial charge in [0.05, 0.1) is 24.6 Å². The van der Waals surface area contributed by atoms with Crippen LogP contribution in [0.5, 0.6) is 0 Å². The maximum atomic E-state index is 5.58. The molecule has 1 rings (SSSR count). The van der Waals surface area contributed by atoms with E-state index in [1.165, 1.54) is 11.3 Å². The van der Waals surface area contributed by atoms with Crippen molar-refractivity contribution in [2.75, 3.05) is 37.7 Å². The van der Waals surface area contributed by atoms with Crippen molar-refractivity contribution >= 4 is 11.4 Å². The predicted octanol–water partition coefficient (Wildman–Crippen LogP) is 4.42. The highest BCUT2D eigenvalue weighted by atomic mass is 16.6. The van der Waals surface area contributed by atoms with E-state index in [9.17, 15) is 0 Å². The van der Waals surface area contributed by atoms with Crippen LogP contribution in [0.3, 0.4) is 0 Å². The molecule has 4 heteroatoms. The summed E-state index contributed by atoms with van der Waals surface area (Å²) in [5, 5.41) is 0. The van der Waals surface area contributed by atoms with E-state index in [1.54, 1.807) is 14.2 Å². The third kappa shape index (κ3) is 5.18. The van der Waals surface area contributed by atoms with Crippen molar-refractivity contribution in [3.05, 3.63) is 23.8 Å². The lowest BCUT2D eigenvalue weighted by molar-refractivity contribution is 0.104. The third-order valence-electron chi connectivity index (χ3n) is 3.95. The molecule has 1 aromatic rings. The maximum Gasteiger partial charge on any atom is 0.0838 e. The van der Waals surface area contributed by atoms with Crippen molar-refractivity contribution in [1.82, 2.24) is 0 Å². The van der Waals surface area contributed by atoms with Crippen LogP contribution < -0.4 is 10.4 Å². The third-order valence-corrected chi connectivity index (χ3v) is 3.95. The first-order valence-corrected chi connectivity index (χ1v) is 8.27. The van der Waals surface area contributed by atoms with Crippen LogP contribution in [0, 0.1) is 0 Å². The zero-order chi connectivity index (χ0) is 16.5. The van der Waals surface area contributed by atoms with Crippen molar-refractivity contribution in [3.8, 4) is 0 Å². The number of nitrogens with zero attached hydrogens (tertiary/aromatic N) is 1. The van der Waals surface area contributed by atoms with Gasteiger partial charge in [0.2, 0.25) is 0 Å². The minimum atomic E-state index is 0.240. The van der Waals surface area contributed by atoms with Gasteiger partial charge in [-0.3, -0.25) is 10.3 Å². The van der Waals surface area contributed by atoms with Crippen LogP contribution in [0.25, 0.3) is 0 Å². The van der Waals surface area contributed by atoms with Crippen molar-refractivity contribution < 1.29 is 9.57 Å². The number of hydrogen-bond donors (Lipinski definition) is 1. The predicted molar refractivity (Wildman–Crippen MR) is 94.8 cm³/mol. The quantitative estimate of drug-likeness (QED) is 0.649. The lowest BCUT2D eigenvalue weighted by atomic mass is 10.0. The molecule has 0 bridgehead atoms. The summed E-state index contributed by atoms with van der Waals surface area (Å²) in [6.07, 6.45) is 2.34. The Hall–Kier alpha value is -1.26. The van der Waals surface area contributed by atoms with Gasteiger partial charge in [-0.2, -0.15) is 0 Å². The zero-order valence-corrected chi connectivity index (χ0v) is 15.0. The summed E-state index contributed by atoms with van der Waals surface area (Å²) in [6.45, 7) is 10.7. The molecule has 0 saturated carbocycles. The van der Waals surface area contributed by atoms with Crippen LogP contribution >= 0.6 is 0 Å². The number of methoxy groups -OCH3 is 1. The molecule has 1 atom stereocenters. The molecule has 1 unspecified atom stereocenters. The van der Waals surface area contributed by atoms with Crippen LogP contribution in [0.4, 0.5) is 11.4 Å². The zero-order valence-electron chi connectivity index (χ0n) is 15.0. The Kier molecular flexibility index (Phi) is 8.28. The topological polar surface area (TPSA) is 33.7 Å². The van der Waals surface area contributed by atoms with E-state index in [0.29, 0.717) is 5.92 Å². The molecule has 22 heavy (non-hydrogen) atoms. The van der Waals surface area contributed by atoms with Crippen molar-refractivity contribution in [2.45, 2.75) is 52.6 Å². The fourth-order valence-corrected chi connectivity index (χ4v) is 2.56. The van der Waals surface area contributed by atoms with Gasteiger partial charge in [-0.05, 0) is 36.5 Å². The Morgan fingerprint density at radius 1 is 1.18 bits per heavy atom. The Bertz CT molecular complexity index is 431. The van der Waals surface area contributed by atoms with E-state index >= 15 is 0 Å². The summed E-state index contributed by atoms with van der Waals surface area (Å²) in [6, 6.07) is 6.53. The van der Waals surface area contributed by atoms with E-state index in [-0.39, 0.29) is 6.10 Å². The molecular formula is C18H32N2O2. The summed E-state index contributed by atoms with van der Waals surface area (Å²) in [4.78, 5) is 7.54. The molecule has 1 aromatic carbocycles. The summed E-state index contributed by atoms with van der Waals surface area (Å²) in [5.41, 5.74) is 6.54. The van der Waals surface area contributed by atoms with Crippen LogP contribution in [0.15, 0.2) is 18.2 Å². The molecule has 0 fully saturated rings. The number of benzene rings is 1. The molecule has 0 heterocycles. The molecule has 0 amide bonds. The van der Waals surface area contributed by atoms with Gasteiger partial charge in [0, 0.05) is 20.2 Å². The Labute approximate surface area is 135 Å². The Morgan fingerprint density at radius 2 is 1.91 bits per heavy atom. The largest absolute Gasteiger partial charge is 0.380 e. The van der Waals surface area contributed by atoms with E-state index in [1.807, 2.05) is 0 Å². The summed E-state index contributed by atoms with van der Waals surface area (Å²) >= 11 is 0. The van der Waals surface area contributed by atoms with Gasteiger partial charge in [0.15, 0.2) is 0 Å². The smallest absolute Gasteiger partial charge is 0.0838 e. The first-order valence-electron chi connectivity index (χ1n) is 8.27. The molecule has 0 spiro atoms. The SMILES string of the molecule is CCCN(CC(CC)OC)c1cc(C(C)C)ccc1NOC. The summed E-state index contributed by atoms with van der Waals surface area (Å²) in [5.74, 6) is 0.503.